The molecule has 0 heterocycles. The van der Waals surface area contributed by atoms with E-state index in [1.807, 2.05) is 60.7 Å². The van der Waals surface area contributed by atoms with E-state index in [4.69, 9.17) is 9.47 Å². The summed E-state index contributed by atoms with van der Waals surface area (Å²) in [7, 11) is 0. The Bertz CT molecular complexity index is 854. The maximum Gasteiger partial charge on any atom is 0.412 e. The second-order valence-corrected chi connectivity index (χ2v) is 5.57. The minimum Gasteiger partial charge on any atom is -0.487 e. The molecule has 1 N–H and O–H groups in total. The van der Waals surface area contributed by atoms with Gasteiger partial charge in [-0.2, -0.15) is 0 Å². The highest BCUT2D eigenvalue weighted by Crippen LogP contribution is 2.28. The maximum absolute atomic E-state index is 14.1. The van der Waals surface area contributed by atoms with Crippen LogP contribution in [-0.2, 0) is 18.0 Å². The first kappa shape index (κ1) is 17.5. The number of nitrogens with one attached hydrogen (secondary N) is 1. The van der Waals surface area contributed by atoms with Crippen molar-refractivity contribution in [2.45, 2.75) is 13.2 Å². The van der Waals surface area contributed by atoms with Gasteiger partial charge in [-0.15, -0.1) is 0 Å². The van der Waals surface area contributed by atoms with Crippen molar-refractivity contribution in [3.63, 3.8) is 0 Å². The number of carbonyl (C=O) groups excluding carboxylic acids is 1. The lowest BCUT2D eigenvalue weighted by Gasteiger charge is -2.13. The third-order valence-corrected chi connectivity index (χ3v) is 3.65. The van der Waals surface area contributed by atoms with Crippen LogP contribution in [0, 0.1) is 5.82 Å². The van der Waals surface area contributed by atoms with Gasteiger partial charge in [-0.3, -0.25) is 5.32 Å². The lowest BCUT2D eigenvalue weighted by Crippen LogP contribution is -2.15. The minimum absolute atomic E-state index is 0.0403. The van der Waals surface area contributed by atoms with Gasteiger partial charge in [-0.25, -0.2) is 9.18 Å². The van der Waals surface area contributed by atoms with Crippen LogP contribution < -0.4 is 10.1 Å². The first-order valence-corrected chi connectivity index (χ1v) is 8.15. The second kappa shape index (κ2) is 8.67. The average Bonchev–Trinajstić information content (AvgIpc) is 2.68. The molecule has 3 rings (SSSR count). The van der Waals surface area contributed by atoms with Gasteiger partial charge >= 0.3 is 6.09 Å². The van der Waals surface area contributed by atoms with E-state index in [-0.39, 0.29) is 24.7 Å². The zero-order chi connectivity index (χ0) is 18.2. The maximum atomic E-state index is 14.1. The van der Waals surface area contributed by atoms with Crippen LogP contribution in [0.25, 0.3) is 0 Å². The van der Waals surface area contributed by atoms with Crippen LogP contribution in [0.1, 0.15) is 11.1 Å². The number of carbonyl (C=O) groups is 1. The van der Waals surface area contributed by atoms with Gasteiger partial charge in [0.25, 0.3) is 0 Å². The van der Waals surface area contributed by atoms with Crippen LogP contribution in [0.4, 0.5) is 14.9 Å². The summed E-state index contributed by atoms with van der Waals surface area (Å²) in [6, 6.07) is 23.1. The third-order valence-electron chi connectivity index (χ3n) is 3.65. The summed E-state index contributed by atoms with van der Waals surface area (Å²) in [6.45, 7) is 0.360. The number of ether oxygens (including phenoxy) is 2. The van der Waals surface area contributed by atoms with Gasteiger partial charge in [0.15, 0.2) is 5.82 Å². The van der Waals surface area contributed by atoms with E-state index in [0.29, 0.717) is 0 Å². The van der Waals surface area contributed by atoms with Gasteiger partial charge in [0.1, 0.15) is 24.7 Å². The fraction of sp³-hybridized carbons (Fsp3) is 0.0952. The molecule has 5 heteroatoms. The fourth-order valence-corrected chi connectivity index (χ4v) is 2.34. The predicted molar refractivity (Wildman–Crippen MR) is 97.4 cm³/mol. The highest BCUT2D eigenvalue weighted by molar-refractivity contribution is 5.86. The van der Waals surface area contributed by atoms with Gasteiger partial charge in [0, 0.05) is 0 Å². The van der Waals surface area contributed by atoms with Crippen LogP contribution in [0.15, 0.2) is 78.9 Å². The summed E-state index contributed by atoms with van der Waals surface area (Å²) in [5.41, 5.74) is 1.74. The predicted octanol–water partition coefficient (Wildman–Crippen LogP) is 5.15. The van der Waals surface area contributed by atoms with E-state index in [2.05, 4.69) is 5.32 Å². The SMILES string of the molecule is O=C(Nc1c(F)cccc1OCc1ccccc1)OCc1ccccc1. The zero-order valence-corrected chi connectivity index (χ0v) is 14.0. The molecule has 3 aromatic carbocycles. The largest absolute Gasteiger partial charge is 0.487 e. The molecule has 0 bridgehead atoms. The molecule has 0 aliphatic heterocycles. The van der Waals surface area contributed by atoms with Gasteiger partial charge in [0.05, 0.1) is 0 Å². The highest BCUT2D eigenvalue weighted by Gasteiger charge is 2.14. The number of hydrogen-bond donors (Lipinski definition) is 1. The molecular weight excluding hydrogens is 333 g/mol. The summed E-state index contributed by atoms with van der Waals surface area (Å²) in [6.07, 6.45) is -0.747. The van der Waals surface area contributed by atoms with Crippen molar-refractivity contribution in [3.8, 4) is 5.75 Å². The van der Waals surface area contributed by atoms with Crippen LogP contribution in [0.3, 0.4) is 0 Å². The average molecular weight is 351 g/mol. The Morgan fingerprint density at radius 3 is 2.08 bits per heavy atom. The number of hydrogen-bond acceptors (Lipinski definition) is 3. The molecular formula is C21H18FNO3. The molecule has 0 aromatic heterocycles. The van der Waals surface area contributed by atoms with Gasteiger partial charge in [-0.1, -0.05) is 66.7 Å². The lowest BCUT2D eigenvalue weighted by atomic mass is 10.2. The standard InChI is InChI=1S/C21H18FNO3/c22-18-12-7-13-19(25-14-16-8-3-1-4-9-16)20(18)23-21(24)26-15-17-10-5-2-6-11-17/h1-13H,14-15H2,(H,23,24). The number of para-hydroxylation sites is 1. The van der Waals surface area contributed by atoms with E-state index in [9.17, 15) is 9.18 Å². The van der Waals surface area contributed by atoms with E-state index in [1.54, 1.807) is 6.07 Å². The molecule has 0 unspecified atom stereocenters. The van der Waals surface area contributed by atoms with Crippen molar-refractivity contribution in [1.29, 1.82) is 0 Å². The lowest BCUT2D eigenvalue weighted by molar-refractivity contribution is 0.155. The zero-order valence-electron chi connectivity index (χ0n) is 14.0. The molecule has 1 amide bonds. The molecule has 4 nitrogen and oxygen atoms in total. The monoisotopic (exact) mass is 351 g/mol. The number of halogens is 1. The van der Waals surface area contributed by atoms with Gasteiger partial charge in [0.2, 0.25) is 0 Å². The van der Waals surface area contributed by atoms with E-state index < -0.39 is 11.9 Å². The van der Waals surface area contributed by atoms with Crippen molar-refractivity contribution in [2.24, 2.45) is 0 Å². The summed E-state index contributed by atoms with van der Waals surface area (Å²) in [4.78, 5) is 12.0. The second-order valence-electron chi connectivity index (χ2n) is 5.57. The Kier molecular flexibility index (Phi) is 5.83. The topological polar surface area (TPSA) is 47.6 Å². The van der Waals surface area contributed by atoms with Crippen molar-refractivity contribution >= 4 is 11.8 Å². The van der Waals surface area contributed by atoms with Gasteiger partial charge < -0.3 is 9.47 Å². The first-order valence-electron chi connectivity index (χ1n) is 8.15. The highest BCUT2D eigenvalue weighted by atomic mass is 19.1. The molecule has 0 spiro atoms. The van der Waals surface area contributed by atoms with E-state index in [0.717, 1.165) is 11.1 Å². The molecule has 0 fully saturated rings. The molecule has 3 aromatic rings. The van der Waals surface area contributed by atoms with Crippen molar-refractivity contribution in [3.05, 3.63) is 95.8 Å². The number of benzene rings is 3. The van der Waals surface area contributed by atoms with Crippen LogP contribution in [-0.4, -0.2) is 6.09 Å². The summed E-state index contributed by atoms with van der Waals surface area (Å²) in [5.74, 6) is -0.349. The van der Waals surface area contributed by atoms with Crippen molar-refractivity contribution in [2.75, 3.05) is 5.32 Å². The smallest absolute Gasteiger partial charge is 0.412 e. The molecule has 0 atom stereocenters. The van der Waals surface area contributed by atoms with E-state index in [1.165, 1.54) is 12.1 Å². The number of rotatable bonds is 6. The summed E-state index contributed by atoms with van der Waals surface area (Å²) in [5, 5.41) is 2.42. The van der Waals surface area contributed by atoms with Gasteiger partial charge in [-0.05, 0) is 23.3 Å². The quantitative estimate of drug-likeness (QED) is 0.668. The molecule has 0 radical (unpaired) electrons. The van der Waals surface area contributed by atoms with E-state index >= 15 is 0 Å². The molecule has 0 saturated heterocycles. The number of anilines is 1. The molecule has 0 saturated carbocycles. The first-order chi connectivity index (χ1) is 12.7. The van der Waals surface area contributed by atoms with Crippen molar-refractivity contribution < 1.29 is 18.7 Å². The van der Waals surface area contributed by atoms with Crippen LogP contribution in [0.2, 0.25) is 0 Å². The Hall–Kier alpha value is -3.34. The van der Waals surface area contributed by atoms with Crippen LogP contribution in [0.5, 0.6) is 5.75 Å². The van der Waals surface area contributed by atoms with Crippen LogP contribution >= 0.6 is 0 Å². The normalized spacial score (nSPS) is 10.2. The summed E-state index contributed by atoms with van der Waals surface area (Å²) >= 11 is 0. The molecule has 0 aliphatic carbocycles. The fourth-order valence-electron chi connectivity index (χ4n) is 2.34. The Balaban J connectivity index is 1.64. The molecule has 26 heavy (non-hydrogen) atoms. The summed E-state index contributed by atoms with van der Waals surface area (Å²) < 4.78 is 24.9. The third kappa shape index (κ3) is 4.83. The molecule has 132 valence electrons. The number of amides is 1. The Morgan fingerprint density at radius 2 is 1.42 bits per heavy atom. The Labute approximate surface area is 151 Å². The minimum atomic E-state index is -0.747. The Morgan fingerprint density at radius 1 is 0.808 bits per heavy atom. The van der Waals surface area contributed by atoms with Crippen molar-refractivity contribution in [1.82, 2.24) is 0 Å². The molecule has 0 aliphatic rings.